The molecule has 1 rings (SSSR count). The number of rotatable bonds is 5. The summed E-state index contributed by atoms with van der Waals surface area (Å²) in [4.78, 5) is 25.5. The molecule has 1 fully saturated rings. The van der Waals surface area contributed by atoms with Crippen LogP contribution >= 0.6 is 0 Å². The number of hydrogen-bond acceptors (Lipinski definition) is 5. The van der Waals surface area contributed by atoms with Crippen LogP contribution in [0.15, 0.2) is 0 Å². The molecule has 19 heavy (non-hydrogen) atoms. The number of ether oxygens (including phenoxy) is 2. The van der Waals surface area contributed by atoms with Crippen LogP contribution in [0.25, 0.3) is 0 Å². The summed E-state index contributed by atoms with van der Waals surface area (Å²) in [5, 5.41) is 0. The molecule has 0 aromatic rings. The summed E-state index contributed by atoms with van der Waals surface area (Å²) in [5.74, 6) is -0.581. The lowest BCUT2D eigenvalue weighted by molar-refractivity contribution is -0.151. The van der Waals surface area contributed by atoms with E-state index in [1.165, 1.54) is 7.11 Å². The van der Waals surface area contributed by atoms with E-state index in [0.29, 0.717) is 13.2 Å². The molecule has 0 radical (unpaired) electrons. The van der Waals surface area contributed by atoms with E-state index >= 15 is 0 Å². The van der Waals surface area contributed by atoms with Crippen molar-refractivity contribution in [3.05, 3.63) is 0 Å². The maximum atomic E-state index is 11.8. The predicted octanol–water partition coefficient (Wildman–Crippen LogP) is 1.46. The minimum absolute atomic E-state index is 0.0685. The Hall–Kier alpha value is -1.10. The molecule has 1 aliphatic heterocycles. The van der Waals surface area contributed by atoms with Crippen LogP contribution in [0.5, 0.6) is 0 Å². The molecule has 1 heterocycles. The van der Waals surface area contributed by atoms with Crippen molar-refractivity contribution in [1.82, 2.24) is 4.90 Å². The predicted molar refractivity (Wildman–Crippen MR) is 71.6 cm³/mol. The molecule has 0 N–H and O–H groups in total. The van der Waals surface area contributed by atoms with Gasteiger partial charge in [-0.15, -0.1) is 0 Å². The van der Waals surface area contributed by atoms with E-state index < -0.39 is 0 Å². The van der Waals surface area contributed by atoms with Gasteiger partial charge in [-0.2, -0.15) is 0 Å². The molecule has 0 aromatic heterocycles. The van der Waals surface area contributed by atoms with Crippen molar-refractivity contribution in [2.24, 2.45) is 11.8 Å². The molecule has 0 aromatic carbocycles. The van der Waals surface area contributed by atoms with E-state index in [2.05, 4.69) is 4.90 Å². The highest BCUT2D eigenvalue weighted by Crippen LogP contribution is 2.23. The van der Waals surface area contributed by atoms with Crippen LogP contribution in [0.4, 0.5) is 0 Å². The van der Waals surface area contributed by atoms with Gasteiger partial charge in [-0.1, -0.05) is 6.92 Å². The van der Waals surface area contributed by atoms with Crippen molar-refractivity contribution in [2.75, 3.05) is 26.8 Å². The molecule has 0 amide bonds. The van der Waals surface area contributed by atoms with E-state index in [1.807, 2.05) is 20.8 Å². The lowest BCUT2D eigenvalue weighted by Crippen LogP contribution is -2.47. The second-order valence-electron chi connectivity index (χ2n) is 5.14. The zero-order valence-electron chi connectivity index (χ0n) is 12.3. The fraction of sp³-hybridized carbons (Fsp3) is 0.857. The molecular weight excluding hydrogens is 246 g/mol. The minimum Gasteiger partial charge on any atom is -0.469 e. The Morgan fingerprint density at radius 3 is 2.63 bits per heavy atom. The van der Waals surface area contributed by atoms with E-state index in [0.717, 1.165) is 19.4 Å². The number of hydrogen-bond donors (Lipinski definition) is 0. The Kier molecular flexibility index (Phi) is 6.28. The first kappa shape index (κ1) is 16.0. The van der Waals surface area contributed by atoms with Gasteiger partial charge in [0.1, 0.15) is 0 Å². The van der Waals surface area contributed by atoms with Crippen LogP contribution in [0.1, 0.15) is 33.6 Å². The molecule has 0 spiro atoms. The van der Waals surface area contributed by atoms with Gasteiger partial charge in [0.05, 0.1) is 25.6 Å². The minimum atomic E-state index is -0.203. The Balaban J connectivity index is 2.58. The third-order valence-corrected chi connectivity index (χ3v) is 3.95. The Morgan fingerprint density at radius 1 is 1.37 bits per heavy atom. The summed E-state index contributed by atoms with van der Waals surface area (Å²) in [6.07, 6.45) is 1.83. The maximum absolute atomic E-state index is 11.8. The first-order valence-corrected chi connectivity index (χ1v) is 6.99. The number of carbonyl (C=O) groups is 2. The van der Waals surface area contributed by atoms with Gasteiger partial charge in [-0.3, -0.25) is 14.5 Å². The van der Waals surface area contributed by atoms with Gasteiger partial charge in [-0.25, -0.2) is 0 Å². The SMILES string of the molecule is CCOC(=O)[C@H]1CCCN(C(C)C(C)C(=O)OC)C1. The Morgan fingerprint density at radius 2 is 2.05 bits per heavy atom. The molecule has 3 atom stereocenters. The van der Waals surface area contributed by atoms with Crippen LogP contribution in [-0.2, 0) is 19.1 Å². The standard InChI is InChI=1S/C14H25NO4/c1-5-19-14(17)12-7-6-8-15(9-12)11(3)10(2)13(16)18-4/h10-12H,5-9H2,1-4H3/t10?,11?,12-/m0/s1. The Bertz CT molecular complexity index is 319. The molecule has 0 bridgehead atoms. The van der Waals surface area contributed by atoms with Crippen LogP contribution in [0, 0.1) is 11.8 Å². The molecule has 2 unspecified atom stereocenters. The zero-order valence-corrected chi connectivity index (χ0v) is 12.3. The second-order valence-corrected chi connectivity index (χ2v) is 5.14. The number of piperidine rings is 1. The highest BCUT2D eigenvalue weighted by Gasteiger charge is 2.33. The summed E-state index contributed by atoms with van der Waals surface area (Å²) >= 11 is 0. The van der Waals surface area contributed by atoms with Crippen LogP contribution in [0.2, 0.25) is 0 Å². The summed E-state index contributed by atoms with van der Waals surface area (Å²) in [6, 6.07) is 0.0738. The average Bonchev–Trinajstić information content (AvgIpc) is 2.45. The number of carbonyl (C=O) groups excluding carboxylic acids is 2. The third kappa shape index (κ3) is 4.20. The summed E-state index contributed by atoms with van der Waals surface area (Å²) in [5.41, 5.74) is 0. The van der Waals surface area contributed by atoms with Gasteiger partial charge in [0, 0.05) is 12.6 Å². The molecule has 0 aliphatic carbocycles. The molecular formula is C14H25NO4. The zero-order chi connectivity index (χ0) is 14.4. The molecule has 5 heteroatoms. The first-order valence-electron chi connectivity index (χ1n) is 6.99. The van der Waals surface area contributed by atoms with Crippen LogP contribution in [0.3, 0.4) is 0 Å². The van der Waals surface area contributed by atoms with Crippen molar-refractivity contribution in [1.29, 1.82) is 0 Å². The lowest BCUT2D eigenvalue weighted by atomic mass is 9.93. The van der Waals surface area contributed by atoms with Crippen molar-refractivity contribution in [2.45, 2.75) is 39.7 Å². The fourth-order valence-electron chi connectivity index (χ4n) is 2.53. The number of likely N-dealkylation sites (tertiary alicyclic amines) is 1. The smallest absolute Gasteiger partial charge is 0.310 e. The van der Waals surface area contributed by atoms with E-state index in [9.17, 15) is 9.59 Å². The van der Waals surface area contributed by atoms with E-state index in [-0.39, 0.29) is 29.8 Å². The van der Waals surface area contributed by atoms with Crippen LogP contribution < -0.4 is 0 Å². The van der Waals surface area contributed by atoms with Crippen molar-refractivity contribution >= 4 is 11.9 Å². The van der Waals surface area contributed by atoms with Gasteiger partial charge >= 0.3 is 11.9 Å². The van der Waals surface area contributed by atoms with Crippen molar-refractivity contribution in [3.63, 3.8) is 0 Å². The van der Waals surface area contributed by atoms with Crippen molar-refractivity contribution in [3.8, 4) is 0 Å². The van der Waals surface area contributed by atoms with Crippen LogP contribution in [-0.4, -0.2) is 49.7 Å². The van der Waals surface area contributed by atoms with Gasteiger partial charge in [-0.05, 0) is 33.2 Å². The normalized spacial score (nSPS) is 23.5. The monoisotopic (exact) mass is 271 g/mol. The average molecular weight is 271 g/mol. The highest BCUT2D eigenvalue weighted by atomic mass is 16.5. The summed E-state index contributed by atoms with van der Waals surface area (Å²) in [7, 11) is 1.41. The lowest BCUT2D eigenvalue weighted by Gasteiger charge is -2.37. The second kappa shape index (κ2) is 7.48. The molecule has 0 saturated carbocycles. The first-order chi connectivity index (χ1) is 9.01. The van der Waals surface area contributed by atoms with E-state index in [4.69, 9.17) is 9.47 Å². The highest BCUT2D eigenvalue weighted by molar-refractivity contribution is 5.73. The fourth-order valence-corrected chi connectivity index (χ4v) is 2.53. The summed E-state index contributed by atoms with van der Waals surface area (Å²) < 4.78 is 9.86. The van der Waals surface area contributed by atoms with Gasteiger partial charge < -0.3 is 9.47 Å². The largest absolute Gasteiger partial charge is 0.469 e. The maximum Gasteiger partial charge on any atom is 0.310 e. The quantitative estimate of drug-likeness (QED) is 0.709. The Labute approximate surface area is 115 Å². The number of esters is 2. The van der Waals surface area contributed by atoms with E-state index in [1.54, 1.807) is 0 Å². The van der Waals surface area contributed by atoms with Gasteiger partial charge in [0.15, 0.2) is 0 Å². The summed E-state index contributed by atoms with van der Waals surface area (Å²) in [6.45, 7) is 7.70. The number of methoxy groups -OCH3 is 1. The van der Waals surface area contributed by atoms with Gasteiger partial charge in [0.2, 0.25) is 0 Å². The molecule has 5 nitrogen and oxygen atoms in total. The third-order valence-electron chi connectivity index (χ3n) is 3.95. The molecule has 1 saturated heterocycles. The molecule has 110 valence electrons. The van der Waals surface area contributed by atoms with Crippen molar-refractivity contribution < 1.29 is 19.1 Å². The van der Waals surface area contributed by atoms with Gasteiger partial charge in [0.25, 0.3) is 0 Å². The molecule has 1 aliphatic rings. The topological polar surface area (TPSA) is 55.8 Å². The number of nitrogens with zero attached hydrogens (tertiary/aromatic N) is 1.